The van der Waals surface area contributed by atoms with Gasteiger partial charge in [-0.25, -0.2) is 0 Å². The first-order chi connectivity index (χ1) is 13.4. The minimum Gasteiger partial charge on any atom is -0.299 e. The second-order valence-corrected chi connectivity index (χ2v) is 6.47. The second kappa shape index (κ2) is 8.50. The van der Waals surface area contributed by atoms with E-state index in [0.29, 0.717) is 16.8 Å². The summed E-state index contributed by atoms with van der Waals surface area (Å²) in [5, 5.41) is 18.3. The van der Waals surface area contributed by atoms with Crippen molar-refractivity contribution in [1.82, 2.24) is 10.2 Å². The zero-order chi connectivity index (χ0) is 20.1. The largest absolute Gasteiger partial charge is 0.394 e. The normalized spacial score (nSPS) is 11.4. The molecule has 0 saturated heterocycles. The molecule has 3 N–H and O–H groups in total. The van der Waals surface area contributed by atoms with Crippen molar-refractivity contribution in [3.63, 3.8) is 0 Å². The minimum absolute atomic E-state index is 0.0796. The van der Waals surface area contributed by atoms with Crippen LogP contribution >= 0.6 is 11.6 Å². The summed E-state index contributed by atoms with van der Waals surface area (Å²) in [6, 6.07) is 17.9. The number of nitrogens with two attached hydrogens (primary N) is 1. The first-order valence-electron chi connectivity index (χ1n) is 8.52. The van der Waals surface area contributed by atoms with Gasteiger partial charge in [0.25, 0.3) is 5.82 Å². The Morgan fingerprint density at radius 3 is 2.18 bits per heavy atom. The van der Waals surface area contributed by atoms with Crippen LogP contribution in [-0.2, 0) is 0 Å². The molecular formula is C20H17ClF3N4+. The van der Waals surface area contributed by atoms with Crippen molar-refractivity contribution in [2.75, 3.05) is 6.54 Å². The number of nitrogens with zero attached hydrogens (tertiary/aromatic N) is 2. The molecular weight excluding hydrogens is 389 g/mol. The Hall–Kier alpha value is -2.77. The lowest BCUT2D eigenvalue weighted by Crippen LogP contribution is -2.79. The average Bonchev–Trinajstić information content (AvgIpc) is 2.68. The Labute approximate surface area is 164 Å². The van der Waals surface area contributed by atoms with Gasteiger partial charge in [0.15, 0.2) is 0 Å². The maximum absolute atomic E-state index is 12.5. The van der Waals surface area contributed by atoms with Crippen LogP contribution < -0.4 is 5.32 Å². The third-order valence-corrected chi connectivity index (χ3v) is 4.43. The van der Waals surface area contributed by atoms with E-state index in [-0.39, 0.29) is 28.7 Å². The van der Waals surface area contributed by atoms with Crippen LogP contribution in [0.4, 0.5) is 19.0 Å². The van der Waals surface area contributed by atoms with Gasteiger partial charge in [0.05, 0.1) is 23.7 Å². The van der Waals surface area contributed by atoms with Gasteiger partial charge in [-0.05, 0) is 0 Å². The third kappa shape index (κ3) is 4.74. The number of nitrogens with one attached hydrogen (secondary N) is 1. The molecule has 0 aliphatic heterocycles. The molecule has 0 radical (unpaired) electrons. The standard InChI is InChI=1S/C20H16ClF3N4/c21-16-15(17(25)13-7-3-1-4-8-13)19(26-12-11-20(22,23)24)28-27-18(16)14-9-5-2-6-10-14/h1-10,25H,11-12H2,(H,26,28)/p+1. The number of aromatic nitrogens is 2. The van der Waals surface area contributed by atoms with E-state index in [1.165, 1.54) is 5.32 Å². The number of rotatable bonds is 6. The van der Waals surface area contributed by atoms with Crippen LogP contribution in [0.1, 0.15) is 17.5 Å². The van der Waals surface area contributed by atoms with E-state index in [0.717, 1.165) is 0 Å². The van der Waals surface area contributed by atoms with Gasteiger partial charge in [-0.2, -0.15) is 13.2 Å². The van der Waals surface area contributed by atoms with Gasteiger partial charge in [-0.1, -0.05) is 77.4 Å². The molecule has 0 aliphatic carbocycles. The van der Waals surface area contributed by atoms with E-state index in [4.69, 9.17) is 17.0 Å². The van der Waals surface area contributed by atoms with Gasteiger partial charge in [0.2, 0.25) is 0 Å². The first kappa shape index (κ1) is 20.0. The zero-order valence-corrected chi connectivity index (χ0v) is 15.4. The topological polar surface area (TPSA) is 66.2 Å². The smallest absolute Gasteiger partial charge is 0.299 e. The lowest BCUT2D eigenvalue weighted by Gasteiger charge is -2.13. The molecule has 2 aromatic carbocycles. The van der Waals surface area contributed by atoms with Crippen LogP contribution in [0.15, 0.2) is 60.7 Å². The van der Waals surface area contributed by atoms with E-state index in [2.05, 4.69) is 10.2 Å². The summed E-state index contributed by atoms with van der Waals surface area (Å²) in [5.41, 5.74) is 2.02. The van der Waals surface area contributed by atoms with Crippen LogP contribution in [0.5, 0.6) is 0 Å². The molecule has 0 amide bonds. The van der Waals surface area contributed by atoms with E-state index >= 15 is 0 Å². The molecule has 8 heteroatoms. The van der Waals surface area contributed by atoms with E-state index in [1.807, 2.05) is 24.3 Å². The van der Waals surface area contributed by atoms with Crippen LogP contribution in [0.2, 0.25) is 5.02 Å². The number of quaternary nitrogens is 1. The molecule has 4 nitrogen and oxygen atoms in total. The molecule has 1 aromatic heterocycles. The highest BCUT2D eigenvalue weighted by molar-refractivity contribution is 6.38. The van der Waals surface area contributed by atoms with Crippen molar-refractivity contribution >= 4 is 23.1 Å². The van der Waals surface area contributed by atoms with Gasteiger partial charge in [0, 0.05) is 11.1 Å². The molecule has 3 aromatic rings. The number of hydrogen-bond donors (Lipinski definition) is 2. The summed E-state index contributed by atoms with van der Waals surface area (Å²) >= 11 is 6.58. The van der Waals surface area contributed by atoms with E-state index in [9.17, 15) is 13.2 Å². The fourth-order valence-corrected chi connectivity index (χ4v) is 3.05. The summed E-state index contributed by atoms with van der Waals surface area (Å²) in [4.78, 5) is 0. The highest BCUT2D eigenvalue weighted by Gasteiger charge is 2.29. The van der Waals surface area contributed by atoms with Gasteiger partial charge in [0.1, 0.15) is 11.3 Å². The lowest BCUT2D eigenvalue weighted by molar-refractivity contribution is -0.580. The van der Waals surface area contributed by atoms with Crippen molar-refractivity contribution < 1.29 is 18.5 Å². The first-order valence-corrected chi connectivity index (χ1v) is 8.90. The molecule has 144 valence electrons. The summed E-state index contributed by atoms with van der Waals surface area (Å²) in [6.07, 6.45) is -5.25. The lowest BCUT2D eigenvalue weighted by atomic mass is 10.0. The molecule has 0 fully saturated rings. The highest BCUT2D eigenvalue weighted by atomic mass is 35.5. The number of halogens is 4. The fraction of sp³-hybridized carbons (Fsp3) is 0.150. The molecule has 28 heavy (non-hydrogen) atoms. The zero-order valence-electron chi connectivity index (χ0n) is 14.7. The van der Waals surface area contributed by atoms with Gasteiger partial charge >= 0.3 is 6.18 Å². The molecule has 0 aliphatic rings. The molecule has 0 saturated carbocycles. The van der Waals surface area contributed by atoms with Crippen molar-refractivity contribution in [3.05, 3.63) is 76.8 Å². The van der Waals surface area contributed by atoms with Crippen LogP contribution in [0, 0.1) is 5.41 Å². The SMILES string of the molecule is N=C(c1ccccc1)c1c([NH2+]CCC(F)(F)F)nnc(-c2ccccc2)c1Cl. The molecule has 0 unspecified atom stereocenters. The molecule has 1 heterocycles. The average molecular weight is 406 g/mol. The fourth-order valence-electron chi connectivity index (χ4n) is 2.71. The number of benzene rings is 2. The molecule has 0 spiro atoms. The maximum atomic E-state index is 12.5. The third-order valence-electron chi connectivity index (χ3n) is 4.07. The Balaban J connectivity index is 2.04. The van der Waals surface area contributed by atoms with Crippen LogP contribution in [0.3, 0.4) is 0 Å². The summed E-state index contributed by atoms with van der Waals surface area (Å²) in [6.45, 7) is -0.270. The van der Waals surface area contributed by atoms with Crippen LogP contribution in [-0.4, -0.2) is 28.6 Å². The molecule has 3 rings (SSSR count). The predicted molar refractivity (Wildman–Crippen MR) is 102 cm³/mol. The summed E-state index contributed by atoms with van der Waals surface area (Å²) in [7, 11) is 0. The van der Waals surface area contributed by atoms with Crippen molar-refractivity contribution in [2.24, 2.45) is 0 Å². The number of hydrogen-bond acceptors (Lipinski definition) is 3. The summed E-state index contributed by atoms with van der Waals surface area (Å²) < 4.78 is 37.6. The Bertz CT molecular complexity index is 960. The van der Waals surface area contributed by atoms with Gasteiger partial charge < -0.3 is 0 Å². The van der Waals surface area contributed by atoms with E-state index < -0.39 is 12.6 Å². The monoisotopic (exact) mass is 405 g/mol. The molecule has 0 atom stereocenters. The van der Waals surface area contributed by atoms with E-state index in [1.54, 1.807) is 36.4 Å². The maximum Gasteiger partial charge on any atom is 0.394 e. The predicted octanol–water partition coefficient (Wildman–Crippen LogP) is 4.36. The quantitative estimate of drug-likeness (QED) is 0.598. The number of alkyl halides is 3. The van der Waals surface area contributed by atoms with Gasteiger partial charge in [-0.15, -0.1) is 5.10 Å². The second-order valence-electron chi connectivity index (χ2n) is 6.09. The van der Waals surface area contributed by atoms with Crippen molar-refractivity contribution in [1.29, 1.82) is 5.41 Å². The van der Waals surface area contributed by atoms with Crippen molar-refractivity contribution in [3.8, 4) is 11.3 Å². The Kier molecular flexibility index (Phi) is 6.06. The van der Waals surface area contributed by atoms with Crippen LogP contribution in [0.25, 0.3) is 11.3 Å². The van der Waals surface area contributed by atoms with Gasteiger partial charge in [-0.3, -0.25) is 10.7 Å². The Morgan fingerprint density at radius 2 is 1.57 bits per heavy atom. The molecule has 0 bridgehead atoms. The summed E-state index contributed by atoms with van der Waals surface area (Å²) in [5.74, 6) is 0.169. The van der Waals surface area contributed by atoms with Crippen molar-refractivity contribution in [2.45, 2.75) is 12.6 Å². The highest BCUT2D eigenvalue weighted by Crippen LogP contribution is 2.31. The Morgan fingerprint density at radius 1 is 0.964 bits per heavy atom. The minimum atomic E-state index is -4.27.